The Balaban J connectivity index is 1.98. The first-order valence-corrected chi connectivity index (χ1v) is 10.7. The van der Waals surface area contributed by atoms with Gasteiger partial charge in [-0.1, -0.05) is 24.3 Å². The van der Waals surface area contributed by atoms with E-state index < -0.39 is 76.3 Å². The van der Waals surface area contributed by atoms with Crippen LogP contribution in [0.25, 0.3) is 12.2 Å². The minimum Gasteiger partial charge on any atom is -0.504 e. The van der Waals surface area contributed by atoms with Crippen molar-refractivity contribution in [3.63, 3.8) is 0 Å². The van der Waals surface area contributed by atoms with Gasteiger partial charge in [0.1, 0.15) is 6.10 Å². The average Bonchev–Trinajstić information content (AvgIpc) is 2.83. The summed E-state index contributed by atoms with van der Waals surface area (Å²) >= 11 is 0. The first kappa shape index (κ1) is 27.4. The van der Waals surface area contributed by atoms with Crippen molar-refractivity contribution in [3.05, 3.63) is 59.7 Å². The van der Waals surface area contributed by atoms with E-state index in [2.05, 4.69) is 0 Å². The van der Waals surface area contributed by atoms with Crippen LogP contribution in [0, 0.1) is 0 Å². The highest BCUT2D eigenvalue weighted by Gasteiger charge is 2.66. The first-order chi connectivity index (χ1) is 17.1. The van der Waals surface area contributed by atoms with Crippen molar-refractivity contribution in [2.24, 2.45) is 0 Å². The lowest BCUT2D eigenvalue weighted by atomic mass is 9.62. The fourth-order valence-corrected chi connectivity index (χ4v) is 4.06. The van der Waals surface area contributed by atoms with Gasteiger partial charge in [0, 0.05) is 12.8 Å². The first-order valence-electron chi connectivity index (χ1n) is 10.7. The predicted molar refractivity (Wildman–Crippen MR) is 125 cm³/mol. The molecule has 2 atom stereocenters. The van der Waals surface area contributed by atoms with Crippen molar-refractivity contribution in [2.45, 2.75) is 35.7 Å². The Morgan fingerprint density at radius 2 is 1.08 bits per heavy atom. The van der Waals surface area contributed by atoms with Crippen molar-refractivity contribution in [1.82, 2.24) is 0 Å². The number of ketones is 2. The normalized spacial score (nSPS) is 27.9. The van der Waals surface area contributed by atoms with Crippen LogP contribution in [0.2, 0.25) is 0 Å². The molecule has 1 aliphatic carbocycles. The van der Waals surface area contributed by atoms with Gasteiger partial charge in [-0.15, -0.1) is 0 Å². The average molecular weight is 516 g/mol. The Hall–Kier alpha value is -4.23. The van der Waals surface area contributed by atoms with Gasteiger partial charge in [0.25, 0.3) is 0 Å². The molecular formula is C25H24O12. The summed E-state index contributed by atoms with van der Waals surface area (Å²) in [7, 11) is 0. The SMILES string of the molecule is O=C(O)C1(O)CC(O)(C(=O)/C=C/c2ccc(O)c(O)c2)C(O)C(O)(C(=O)/C=C/c2ccc(O)c(O)c2)C1. The van der Waals surface area contributed by atoms with E-state index in [4.69, 9.17) is 0 Å². The third kappa shape index (κ3) is 5.17. The molecule has 0 radical (unpaired) electrons. The van der Waals surface area contributed by atoms with Crippen molar-refractivity contribution in [2.75, 3.05) is 0 Å². The molecule has 12 nitrogen and oxygen atoms in total. The molecule has 9 N–H and O–H groups in total. The topological polar surface area (TPSA) is 233 Å². The lowest BCUT2D eigenvalue weighted by molar-refractivity contribution is -0.235. The number of carboxylic acids is 1. The van der Waals surface area contributed by atoms with Gasteiger partial charge in [0.2, 0.25) is 0 Å². The number of phenols is 4. The lowest BCUT2D eigenvalue weighted by Gasteiger charge is -2.49. The summed E-state index contributed by atoms with van der Waals surface area (Å²) in [6.07, 6.45) is -1.69. The van der Waals surface area contributed by atoms with E-state index in [1.807, 2.05) is 0 Å². The molecule has 0 saturated heterocycles. The summed E-state index contributed by atoms with van der Waals surface area (Å²) < 4.78 is 0. The Labute approximate surface area is 208 Å². The Kier molecular flexibility index (Phi) is 7.15. The quantitative estimate of drug-likeness (QED) is 0.172. The Morgan fingerprint density at radius 3 is 1.41 bits per heavy atom. The van der Waals surface area contributed by atoms with Crippen molar-refractivity contribution >= 4 is 29.7 Å². The van der Waals surface area contributed by atoms with Crippen molar-refractivity contribution < 1.29 is 60.3 Å². The number of aliphatic carboxylic acids is 1. The number of phenolic OH excluding ortho intramolecular Hbond substituents is 4. The summed E-state index contributed by atoms with van der Waals surface area (Å²) in [6.45, 7) is 0. The van der Waals surface area contributed by atoms with Gasteiger partial charge in [-0.3, -0.25) is 9.59 Å². The molecule has 2 aromatic rings. The maximum absolute atomic E-state index is 12.9. The van der Waals surface area contributed by atoms with Crippen molar-refractivity contribution in [3.8, 4) is 23.0 Å². The molecule has 0 aromatic heterocycles. The van der Waals surface area contributed by atoms with Crippen LogP contribution in [0.15, 0.2) is 48.6 Å². The van der Waals surface area contributed by atoms with Crippen LogP contribution in [0.3, 0.4) is 0 Å². The van der Waals surface area contributed by atoms with E-state index in [0.29, 0.717) is 12.2 Å². The van der Waals surface area contributed by atoms with Gasteiger partial charge < -0.3 is 46.0 Å². The van der Waals surface area contributed by atoms with Gasteiger partial charge in [-0.25, -0.2) is 4.79 Å². The number of rotatable bonds is 7. The molecule has 0 spiro atoms. The number of aliphatic hydroxyl groups is 4. The highest BCUT2D eigenvalue weighted by atomic mass is 16.4. The number of aliphatic hydroxyl groups excluding tert-OH is 1. The van der Waals surface area contributed by atoms with Gasteiger partial charge in [0.05, 0.1) is 0 Å². The summed E-state index contributed by atoms with van der Waals surface area (Å²) in [6, 6.07) is 6.87. The molecule has 1 aliphatic rings. The largest absolute Gasteiger partial charge is 0.504 e. The van der Waals surface area contributed by atoms with E-state index in [1.54, 1.807) is 0 Å². The fraction of sp³-hybridized carbons (Fsp3) is 0.240. The number of carbonyl (C=O) groups is 3. The zero-order valence-electron chi connectivity index (χ0n) is 19.0. The van der Waals surface area contributed by atoms with Gasteiger partial charge in [-0.05, 0) is 47.5 Å². The molecule has 0 aliphatic heterocycles. The molecule has 0 amide bonds. The highest BCUT2D eigenvalue weighted by molar-refractivity contribution is 6.06. The molecule has 2 aromatic carbocycles. The summed E-state index contributed by atoms with van der Waals surface area (Å²) in [5, 5.41) is 90.9. The second-order valence-corrected chi connectivity index (χ2v) is 8.83. The summed E-state index contributed by atoms with van der Waals surface area (Å²) in [5.74, 6) is -6.67. The molecule has 3 rings (SSSR count). The number of benzene rings is 2. The van der Waals surface area contributed by atoms with Crippen LogP contribution in [-0.2, 0) is 14.4 Å². The second kappa shape index (κ2) is 9.67. The van der Waals surface area contributed by atoms with Crippen LogP contribution in [0.5, 0.6) is 23.0 Å². The highest BCUT2D eigenvalue weighted by Crippen LogP contribution is 2.43. The number of carboxylic acid groups (broad SMARTS) is 1. The molecule has 1 fully saturated rings. The number of hydrogen-bond donors (Lipinski definition) is 9. The molecule has 1 saturated carbocycles. The molecule has 37 heavy (non-hydrogen) atoms. The monoisotopic (exact) mass is 516 g/mol. The van der Waals surface area contributed by atoms with Crippen LogP contribution >= 0.6 is 0 Å². The molecule has 2 unspecified atom stereocenters. The predicted octanol–water partition coefficient (Wildman–Crippen LogP) is -0.194. The van der Waals surface area contributed by atoms with Crippen molar-refractivity contribution in [1.29, 1.82) is 0 Å². The Morgan fingerprint density at radius 1 is 0.703 bits per heavy atom. The lowest BCUT2D eigenvalue weighted by Crippen LogP contribution is -2.72. The summed E-state index contributed by atoms with van der Waals surface area (Å²) in [5.41, 5.74) is -9.00. The third-order valence-corrected chi connectivity index (χ3v) is 6.13. The van der Waals surface area contributed by atoms with Crippen LogP contribution < -0.4 is 0 Å². The molecule has 0 heterocycles. The van der Waals surface area contributed by atoms with Gasteiger partial charge >= 0.3 is 5.97 Å². The number of aromatic hydroxyl groups is 4. The minimum absolute atomic E-state index is 0.150. The molecule has 196 valence electrons. The maximum atomic E-state index is 12.9. The van der Waals surface area contributed by atoms with Crippen LogP contribution in [0.1, 0.15) is 24.0 Å². The second-order valence-electron chi connectivity index (χ2n) is 8.83. The zero-order valence-corrected chi connectivity index (χ0v) is 19.0. The smallest absolute Gasteiger partial charge is 0.335 e. The summed E-state index contributed by atoms with van der Waals surface area (Å²) in [4.78, 5) is 37.6. The molecule has 12 heteroatoms. The maximum Gasteiger partial charge on any atom is 0.335 e. The third-order valence-electron chi connectivity index (χ3n) is 6.13. The Bertz CT molecular complexity index is 1220. The van der Waals surface area contributed by atoms with E-state index in [0.717, 1.165) is 36.4 Å². The standard InChI is InChI=1S/C25H24O12/c26-15-5-1-13(9-17(15)28)3-7-19(30)24(36)11-23(35,22(33)34)12-25(37,21(24)32)20(31)8-4-14-2-6-16(27)18(29)10-14/h1-10,21,26-29,32,35-37H,11-12H2,(H,33,34)/b7-3+,8-4+. The van der Waals surface area contributed by atoms with E-state index in [9.17, 15) is 60.3 Å². The minimum atomic E-state index is -3.14. The van der Waals surface area contributed by atoms with Gasteiger partial charge in [-0.2, -0.15) is 0 Å². The van der Waals surface area contributed by atoms with Gasteiger partial charge in [0.15, 0.2) is 51.4 Å². The fourth-order valence-electron chi connectivity index (χ4n) is 4.06. The van der Waals surface area contributed by atoms with E-state index in [-0.39, 0.29) is 11.1 Å². The number of hydrogen-bond acceptors (Lipinski definition) is 11. The molecular weight excluding hydrogens is 492 g/mol. The van der Waals surface area contributed by atoms with E-state index >= 15 is 0 Å². The zero-order chi connectivity index (χ0) is 27.8. The van der Waals surface area contributed by atoms with E-state index in [1.165, 1.54) is 12.1 Å². The molecule has 0 bridgehead atoms. The number of carbonyl (C=O) groups excluding carboxylic acids is 2. The van der Waals surface area contributed by atoms with Crippen LogP contribution in [-0.4, -0.2) is 86.4 Å². The van der Waals surface area contributed by atoms with Crippen LogP contribution in [0.4, 0.5) is 0 Å².